The molecular weight excluding hydrogens is 339 g/mol. The van der Waals surface area contributed by atoms with E-state index < -0.39 is 12.8 Å². The van der Waals surface area contributed by atoms with Crippen LogP contribution in [0.1, 0.15) is 11.5 Å². The molecule has 1 heterocycles. The fourth-order valence-electron chi connectivity index (χ4n) is 2.20. The lowest BCUT2D eigenvalue weighted by molar-refractivity contribution is -0.174. The van der Waals surface area contributed by atoms with Gasteiger partial charge in [-0.05, 0) is 13.0 Å². The first-order chi connectivity index (χ1) is 11.9. The van der Waals surface area contributed by atoms with Gasteiger partial charge in [-0.3, -0.25) is 4.90 Å². The number of rotatable bonds is 9. The predicted molar refractivity (Wildman–Crippen MR) is 83.7 cm³/mol. The van der Waals surface area contributed by atoms with Crippen molar-refractivity contribution in [2.75, 3.05) is 32.9 Å². The van der Waals surface area contributed by atoms with E-state index in [-0.39, 0.29) is 32.8 Å². The van der Waals surface area contributed by atoms with Gasteiger partial charge in [0.2, 0.25) is 11.7 Å². The summed E-state index contributed by atoms with van der Waals surface area (Å²) >= 11 is 0. The average Bonchev–Trinajstić information content (AvgIpc) is 2.99. The van der Waals surface area contributed by atoms with Crippen LogP contribution in [-0.2, 0) is 11.3 Å². The first-order valence-corrected chi connectivity index (χ1v) is 7.75. The van der Waals surface area contributed by atoms with Gasteiger partial charge in [0, 0.05) is 18.7 Å². The summed E-state index contributed by atoms with van der Waals surface area (Å²) in [5, 5.41) is 13.0. The summed E-state index contributed by atoms with van der Waals surface area (Å²) in [5.74, 6) is 0.761. The molecule has 1 N–H and O–H groups in total. The SMILES string of the molecule is Cc1cccc(-c2noc(CN(CCO)CCOCC(F)(F)F)n2)c1. The van der Waals surface area contributed by atoms with Crippen LogP contribution in [0.3, 0.4) is 0 Å². The molecule has 0 atom stereocenters. The molecule has 0 unspecified atom stereocenters. The molecule has 1 aromatic heterocycles. The highest BCUT2D eigenvalue weighted by molar-refractivity contribution is 5.55. The van der Waals surface area contributed by atoms with Crippen molar-refractivity contribution >= 4 is 0 Å². The molecule has 0 aliphatic carbocycles. The second-order valence-electron chi connectivity index (χ2n) is 5.55. The van der Waals surface area contributed by atoms with Crippen molar-refractivity contribution in [2.45, 2.75) is 19.6 Å². The van der Waals surface area contributed by atoms with E-state index in [0.717, 1.165) is 11.1 Å². The van der Waals surface area contributed by atoms with Crippen molar-refractivity contribution in [1.82, 2.24) is 15.0 Å². The lowest BCUT2D eigenvalue weighted by atomic mass is 10.1. The summed E-state index contributed by atoms with van der Waals surface area (Å²) in [6, 6.07) is 7.62. The van der Waals surface area contributed by atoms with Gasteiger partial charge >= 0.3 is 6.18 Å². The summed E-state index contributed by atoms with van der Waals surface area (Å²) in [7, 11) is 0. The summed E-state index contributed by atoms with van der Waals surface area (Å²) in [6.45, 7) is 1.09. The van der Waals surface area contributed by atoms with Crippen molar-refractivity contribution in [3.8, 4) is 11.4 Å². The van der Waals surface area contributed by atoms with Gasteiger partial charge < -0.3 is 14.4 Å². The average molecular weight is 359 g/mol. The molecule has 0 bridgehead atoms. The summed E-state index contributed by atoms with van der Waals surface area (Å²) in [5.41, 5.74) is 1.88. The zero-order valence-corrected chi connectivity index (χ0v) is 13.8. The maximum atomic E-state index is 12.1. The monoisotopic (exact) mass is 359 g/mol. The fraction of sp³-hybridized carbons (Fsp3) is 0.500. The van der Waals surface area contributed by atoms with Crippen LogP contribution in [0.2, 0.25) is 0 Å². The van der Waals surface area contributed by atoms with Crippen LogP contribution in [-0.4, -0.2) is 59.2 Å². The van der Waals surface area contributed by atoms with E-state index >= 15 is 0 Å². The van der Waals surface area contributed by atoms with Crippen molar-refractivity contribution in [2.24, 2.45) is 0 Å². The normalized spacial score (nSPS) is 12.1. The summed E-state index contributed by atoms with van der Waals surface area (Å²) in [6.07, 6.45) is -4.35. The third-order valence-corrected chi connectivity index (χ3v) is 3.34. The number of halogens is 3. The van der Waals surface area contributed by atoms with Crippen LogP contribution in [0.4, 0.5) is 13.2 Å². The lowest BCUT2D eigenvalue weighted by Crippen LogP contribution is -2.31. The highest BCUT2D eigenvalue weighted by Crippen LogP contribution is 2.18. The quantitative estimate of drug-likeness (QED) is 0.694. The molecule has 0 aliphatic rings. The minimum absolute atomic E-state index is 0.113. The first kappa shape index (κ1) is 19.4. The Bertz CT molecular complexity index is 661. The van der Waals surface area contributed by atoms with Crippen LogP contribution in [0.15, 0.2) is 28.8 Å². The number of hydrogen-bond donors (Lipinski definition) is 1. The summed E-state index contributed by atoms with van der Waals surface area (Å²) in [4.78, 5) is 5.97. The van der Waals surface area contributed by atoms with E-state index in [1.807, 2.05) is 31.2 Å². The highest BCUT2D eigenvalue weighted by atomic mass is 19.4. The number of alkyl halides is 3. The second kappa shape index (κ2) is 8.93. The molecule has 138 valence electrons. The van der Waals surface area contributed by atoms with Gasteiger partial charge in [-0.2, -0.15) is 18.2 Å². The van der Waals surface area contributed by atoms with Gasteiger partial charge in [-0.1, -0.05) is 28.9 Å². The number of benzene rings is 1. The zero-order chi connectivity index (χ0) is 18.3. The molecule has 0 fully saturated rings. The van der Waals surface area contributed by atoms with Crippen molar-refractivity contribution < 1.29 is 27.5 Å². The van der Waals surface area contributed by atoms with Crippen LogP contribution in [0.25, 0.3) is 11.4 Å². The standard InChI is InChI=1S/C16H20F3N3O3/c1-12-3-2-4-13(9-12)15-20-14(25-21-15)10-22(5-7-23)6-8-24-11-16(17,18)19/h2-4,9,23H,5-8,10-11H2,1H3. The first-order valence-electron chi connectivity index (χ1n) is 7.75. The number of aryl methyl sites for hydroxylation is 1. The Labute approximate surface area is 143 Å². The van der Waals surface area contributed by atoms with E-state index in [2.05, 4.69) is 14.9 Å². The molecule has 9 heteroatoms. The molecule has 1 aromatic carbocycles. The van der Waals surface area contributed by atoms with E-state index in [4.69, 9.17) is 9.63 Å². The Morgan fingerprint density at radius 2 is 2.08 bits per heavy atom. The van der Waals surface area contributed by atoms with Gasteiger partial charge in [-0.15, -0.1) is 0 Å². The predicted octanol–water partition coefficient (Wildman–Crippen LogP) is 2.42. The van der Waals surface area contributed by atoms with E-state index in [1.165, 1.54) is 0 Å². The molecule has 6 nitrogen and oxygen atoms in total. The minimum atomic E-state index is -4.35. The van der Waals surface area contributed by atoms with Gasteiger partial charge in [0.1, 0.15) is 6.61 Å². The largest absolute Gasteiger partial charge is 0.411 e. The Hall–Kier alpha value is -1.97. The van der Waals surface area contributed by atoms with E-state index in [9.17, 15) is 13.2 Å². The molecule has 0 saturated carbocycles. The molecule has 0 spiro atoms. The molecule has 25 heavy (non-hydrogen) atoms. The second-order valence-corrected chi connectivity index (χ2v) is 5.55. The van der Waals surface area contributed by atoms with Crippen molar-refractivity contribution in [1.29, 1.82) is 0 Å². The van der Waals surface area contributed by atoms with Crippen molar-refractivity contribution in [3.05, 3.63) is 35.7 Å². The third-order valence-electron chi connectivity index (χ3n) is 3.34. The Kier molecular flexibility index (Phi) is 6.91. The minimum Gasteiger partial charge on any atom is -0.395 e. The number of ether oxygens (including phenoxy) is 1. The molecule has 2 rings (SSSR count). The molecule has 2 aromatic rings. The summed E-state index contributed by atoms with van der Waals surface area (Å²) < 4.78 is 45.9. The van der Waals surface area contributed by atoms with Gasteiger partial charge in [0.05, 0.1) is 19.8 Å². The topological polar surface area (TPSA) is 71.6 Å². The smallest absolute Gasteiger partial charge is 0.395 e. The molecule has 0 aliphatic heterocycles. The highest BCUT2D eigenvalue weighted by Gasteiger charge is 2.27. The number of aliphatic hydroxyl groups excluding tert-OH is 1. The third kappa shape index (κ3) is 6.81. The van der Waals surface area contributed by atoms with Gasteiger partial charge in [0.25, 0.3) is 0 Å². The maximum absolute atomic E-state index is 12.1. The number of hydrogen-bond acceptors (Lipinski definition) is 6. The number of aromatic nitrogens is 2. The number of nitrogens with zero attached hydrogens (tertiary/aromatic N) is 3. The molecular formula is C16H20F3N3O3. The molecule has 0 amide bonds. The van der Waals surface area contributed by atoms with E-state index in [1.54, 1.807) is 4.90 Å². The molecule has 0 saturated heterocycles. The Morgan fingerprint density at radius 3 is 2.76 bits per heavy atom. The van der Waals surface area contributed by atoms with Crippen LogP contribution >= 0.6 is 0 Å². The van der Waals surface area contributed by atoms with Crippen LogP contribution in [0.5, 0.6) is 0 Å². The lowest BCUT2D eigenvalue weighted by Gasteiger charge is -2.19. The van der Waals surface area contributed by atoms with Crippen molar-refractivity contribution in [3.63, 3.8) is 0 Å². The number of aliphatic hydroxyl groups is 1. The Morgan fingerprint density at radius 1 is 1.28 bits per heavy atom. The maximum Gasteiger partial charge on any atom is 0.411 e. The van der Waals surface area contributed by atoms with Crippen LogP contribution in [0, 0.1) is 6.92 Å². The molecule has 0 radical (unpaired) electrons. The van der Waals surface area contributed by atoms with E-state index in [0.29, 0.717) is 11.7 Å². The fourth-order valence-corrected chi connectivity index (χ4v) is 2.20. The van der Waals surface area contributed by atoms with Gasteiger partial charge in [-0.25, -0.2) is 0 Å². The van der Waals surface area contributed by atoms with Crippen LogP contribution < -0.4 is 0 Å². The van der Waals surface area contributed by atoms with Gasteiger partial charge in [0.15, 0.2) is 0 Å². The zero-order valence-electron chi connectivity index (χ0n) is 13.8. The Balaban J connectivity index is 1.91.